The van der Waals surface area contributed by atoms with E-state index in [0.29, 0.717) is 0 Å². The van der Waals surface area contributed by atoms with Crippen molar-refractivity contribution in [3.63, 3.8) is 0 Å². The summed E-state index contributed by atoms with van der Waals surface area (Å²) in [6.07, 6.45) is 0.993. The molecule has 1 heterocycles. The van der Waals surface area contributed by atoms with E-state index in [1.54, 1.807) is 0 Å². The summed E-state index contributed by atoms with van der Waals surface area (Å²) in [5, 5.41) is 3.22. The molecule has 0 aromatic heterocycles. The van der Waals surface area contributed by atoms with Crippen LogP contribution in [0.1, 0.15) is 17.2 Å². The second-order valence-electron chi connectivity index (χ2n) is 3.38. The molecule has 0 fully saturated rings. The van der Waals surface area contributed by atoms with E-state index in [0.717, 1.165) is 18.5 Å². The molecule has 1 aromatic rings. The van der Waals surface area contributed by atoms with Gasteiger partial charge in [-0.3, -0.25) is 0 Å². The minimum absolute atomic E-state index is 0. The third-order valence-corrected chi connectivity index (χ3v) is 3.09. The lowest BCUT2D eigenvalue weighted by molar-refractivity contribution is 0.512. The van der Waals surface area contributed by atoms with Gasteiger partial charge in [0, 0.05) is 0 Å². The molecule has 0 bridgehead atoms. The molecule has 1 N–H and O–H groups in total. The van der Waals surface area contributed by atoms with Gasteiger partial charge in [0.2, 0.25) is 3.79 Å². The van der Waals surface area contributed by atoms with E-state index in [4.69, 9.17) is 34.8 Å². The smallest absolute Gasteiger partial charge is 0.209 e. The van der Waals surface area contributed by atoms with Crippen LogP contribution >= 0.6 is 47.2 Å². The van der Waals surface area contributed by atoms with Crippen molar-refractivity contribution in [3.8, 4) is 0 Å². The summed E-state index contributed by atoms with van der Waals surface area (Å²) in [6.45, 7) is 0.857. The number of rotatable bonds is 0. The highest BCUT2D eigenvalue weighted by atomic mass is 35.6. The van der Waals surface area contributed by atoms with E-state index >= 15 is 0 Å². The normalized spacial score (nSPS) is 20.3. The van der Waals surface area contributed by atoms with Gasteiger partial charge in [-0.25, -0.2) is 0 Å². The Labute approximate surface area is 110 Å². The molecule has 0 amide bonds. The minimum atomic E-state index is -1.28. The Bertz CT molecular complexity index is 334. The molecule has 0 aliphatic carbocycles. The fraction of sp³-hybridized carbons (Fsp3) is 0.400. The fourth-order valence-electron chi connectivity index (χ4n) is 1.80. The molecule has 0 saturated carbocycles. The Morgan fingerprint density at radius 2 is 1.87 bits per heavy atom. The second-order valence-corrected chi connectivity index (χ2v) is 5.75. The summed E-state index contributed by atoms with van der Waals surface area (Å²) in [7, 11) is 0. The van der Waals surface area contributed by atoms with Crippen LogP contribution in [0.3, 0.4) is 0 Å². The van der Waals surface area contributed by atoms with Crippen LogP contribution in [0.5, 0.6) is 0 Å². The Morgan fingerprint density at radius 3 is 2.53 bits per heavy atom. The van der Waals surface area contributed by atoms with E-state index in [1.165, 1.54) is 5.56 Å². The lowest BCUT2D eigenvalue weighted by Crippen LogP contribution is -2.37. The number of benzene rings is 1. The lowest BCUT2D eigenvalue weighted by Gasteiger charge is -2.31. The van der Waals surface area contributed by atoms with Crippen molar-refractivity contribution in [2.75, 3.05) is 6.54 Å². The fourth-order valence-corrected chi connectivity index (χ4v) is 2.38. The molecular weight excluding hydrogens is 276 g/mol. The molecule has 1 atom stereocenters. The number of halogens is 4. The first-order chi connectivity index (χ1) is 6.59. The third kappa shape index (κ3) is 2.92. The molecular formula is C10H11Cl4N. The van der Waals surface area contributed by atoms with Gasteiger partial charge >= 0.3 is 0 Å². The molecule has 0 radical (unpaired) electrons. The van der Waals surface area contributed by atoms with Crippen LogP contribution in [0.4, 0.5) is 0 Å². The number of fused-ring (bicyclic) bond motifs is 1. The zero-order chi connectivity index (χ0) is 10.2. The van der Waals surface area contributed by atoms with Gasteiger partial charge in [0.15, 0.2) is 0 Å². The van der Waals surface area contributed by atoms with Crippen LogP contribution in [0, 0.1) is 0 Å². The average Bonchev–Trinajstić information content (AvgIpc) is 2.15. The minimum Gasteiger partial charge on any atom is -0.306 e. The van der Waals surface area contributed by atoms with Gasteiger partial charge in [0.05, 0.1) is 6.04 Å². The van der Waals surface area contributed by atoms with Crippen molar-refractivity contribution < 1.29 is 0 Å². The van der Waals surface area contributed by atoms with Gasteiger partial charge in [0.1, 0.15) is 0 Å². The molecule has 1 nitrogen and oxygen atoms in total. The predicted octanol–water partition coefficient (Wildman–Crippen LogP) is 3.67. The van der Waals surface area contributed by atoms with Gasteiger partial charge in [-0.2, -0.15) is 0 Å². The monoisotopic (exact) mass is 285 g/mol. The standard InChI is InChI=1S/C10H10Cl3N.ClH/c11-10(12,13)9-8-4-2-1-3-7(8)5-6-14-9;/h1-4,9,14H,5-6H2;1H. The summed E-state index contributed by atoms with van der Waals surface area (Å²) < 4.78 is -1.28. The number of nitrogens with one attached hydrogen (secondary N) is 1. The van der Waals surface area contributed by atoms with Crippen molar-refractivity contribution in [2.45, 2.75) is 16.3 Å². The Balaban J connectivity index is 0.00000112. The van der Waals surface area contributed by atoms with Crippen LogP contribution < -0.4 is 5.32 Å². The molecule has 84 valence electrons. The van der Waals surface area contributed by atoms with Crippen molar-refractivity contribution in [2.24, 2.45) is 0 Å². The molecule has 0 spiro atoms. The number of hydrogen-bond acceptors (Lipinski definition) is 1. The predicted molar refractivity (Wildman–Crippen MR) is 68.4 cm³/mol. The van der Waals surface area contributed by atoms with E-state index in [1.807, 2.05) is 18.2 Å². The number of alkyl halides is 3. The molecule has 1 aromatic carbocycles. The second kappa shape index (κ2) is 5.11. The quantitative estimate of drug-likeness (QED) is 0.718. The molecule has 1 aliphatic rings. The van der Waals surface area contributed by atoms with Gasteiger partial charge in [-0.1, -0.05) is 59.1 Å². The zero-order valence-electron chi connectivity index (χ0n) is 7.84. The molecule has 1 aliphatic heterocycles. The van der Waals surface area contributed by atoms with Crippen LogP contribution in [-0.2, 0) is 6.42 Å². The van der Waals surface area contributed by atoms with Gasteiger partial charge < -0.3 is 5.32 Å². The molecule has 0 saturated heterocycles. The number of hydrogen-bond donors (Lipinski definition) is 1. The average molecular weight is 287 g/mol. The summed E-state index contributed by atoms with van der Waals surface area (Å²) in [5.41, 5.74) is 2.36. The SMILES string of the molecule is Cl.ClC(Cl)(Cl)C1NCCc2ccccc21. The van der Waals surface area contributed by atoms with Gasteiger partial charge in [-0.05, 0) is 24.1 Å². The summed E-state index contributed by atoms with van der Waals surface area (Å²) in [5.74, 6) is 0. The topological polar surface area (TPSA) is 12.0 Å². The summed E-state index contributed by atoms with van der Waals surface area (Å²) in [4.78, 5) is 0. The maximum Gasteiger partial charge on any atom is 0.209 e. The first-order valence-electron chi connectivity index (χ1n) is 4.47. The molecule has 2 rings (SSSR count). The highest BCUT2D eigenvalue weighted by molar-refractivity contribution is 6.68. The third-order valence-electron chi connectivity index (χ3n) is 2.44. The molecule has 15 heavy (non-hydrogen) atoms. The Morgan fingerprint density at radius 1 is 1.20 bits per heavy atom. The zero-order valence-corrected chi connectivity index (χ0v) is 10.9. The van der Waals surface area contributed by atoms with Crippen molar-refractivity contribution in [3.05, 3.63) is 35.4 Å². The van der Waals surface area contributed by atoms with Crippen molar-refractivity contribution in [1.82, 2.24) is 5.32 Å². The van der Waals surface area contributed by atoms with Crippen LogP contribution in [-0.4, -0.2) is 10.3 Å². The highest BCUT2D eigenvalue weighted by Gasteiger charge is 2.36. The van der Waals surface area contributed by atoms with Crippen LogP contribution in [0.15, 0.2) is 24.3 Å². The summed E-state index contributed by atoms with van der Waals surface area (Å²) in [6, 6.07) is 7.88. The Hall–Kier alpha value is 0.340. The van der Waals surface area contributed by atoms with Crippen LogP contribution in [0.2, 0.25) is 0 Å². The van der Waals surface area contributed by atoms with E-state index < -0.39 is 3.79 Å². The lowest BCUT2D eigenvalue weighted by atomic mass is 9.95. The summed E-state index contributed by atoms with van der Waals surface area (Å²) >= 11 is 17.7. The Kier molecular flexibility index (Phi) is 4.57. The van der Waals surface area contributed by atoms with Gasteiger partial charge in [-0.15, -0.1) is 12.4 Å². The van der Waals surface area contributed by atoms with E-state index in [-0.39, 0.29) is 18.4 Å². The first kappa shape index (κ1) is 13.4. The largest absolute Gasteiger partial charge is 0.306 e. The van der Waals surface area contributed by atoms with Crippen LogP contribution in [0.25, 0.3) is 0 Å². The highest BCUT2D eigenvalue weighted by Crippen LogP contribution is 2.42. The van der Waals surface area contributed by atoms with Gasteiger partial charge in [0.25, 0.3) is 0 Å². The first-order valence-corrected chi connectivity index (χ1v) is 5.60. The van der Waals surface area contributed by atoms with E-state index in [9.17, 15) is 0 Å². The maximum absolute atomic E-state index is 5.91. The van der Waals surface area contributed by atoms with E-state index in [2.05, 4.69) is 11.4 Å². The maximum atomic E-state index is 5.91. The van der Waals surface area contributed by atoms with Crippen molar-refractivity contribution in [1.29, 1.82) is 0 Å². The molecule has 1 unspecified atom stereocenters. The molecule has 5 heteroatoms. The van der Waals surface area contributed by atoms with Crippen molar-refractivity contribution >= 4 is 47.2 Å².